The van der Waals surface area contributed by atoms with Gasteiger partial charge in [0.1, 0.15) is 12.4 Å². The van der Waals surface area contributed by atoms with Gasteiger partial charge in [-0.3, -0.25) is 4.98 Å². The van der Waals surface area contributed by atoms with Crippen LogP contribution in [0.1, 0.15) is 26.5 Å². The largest absolute Gasteiger partial charge is 0.491 e. The number of nitrogens with zero attached hydrogens (tertiary/aromatic N) is 4. The summed E-state index contributed by atoms with van der Waals surface area (Å²) in [6.07, 6.45) is 5.48. The molecule has 0 atom stereocenters. The van der Waals surface area contributed by atoms with Crippen molar-refractivity contribution in [2.24, 2.45) is 0 Å². The van der Waals surface area contributed by atoms with Crippen LogP contribution in [0.15, 0.2) is 30.7 Å². The van der Waals surface area contributed by atoms with E-state index >= 15 is 0 Å². The first kappa shape index (κ1) is 15.5. The van der Waals surface area contributed by atoms with E-state index in [4.69, 9.17) is 4.74 Å². The van der Waals surface area contributed by atoms with Crippen LogP contribution in [0.4, 0.5) is 0 Å². The van der Waals surface area contributed by atoms with Crippen LogP contribution >= 0.6 is 0 Å². The number of hydrogen-bond acceptors (Lipinski definition) is 4. The molecule has 2 rings (SSSR count). The van der Waals surface area contributed by atoms with Crippen LogP contribution in [0.3, 0.4) is 0 Å². The number of aromatic nitrogens is 3. The molecule has 5 nitrogen and oxygen atoms in total. The highest BCUT2D eigenvalue weighted by Crippen LogP contribution is 2.21. The molecule has 0 fully saturated rings. The van der Waals surface area contributed by atoms with Gasteiger partial charge in [-0.1, -0.05) is 20.8 Å². The third kappa shape index (κ3) is 4.29. The number of ether oxygens (including phenoxy) is 1. The van der Waals surface area contributed by atoms with Crippen LogP contribution in [0, 0.1) is 0 Å². The molecular weight excluding hydrogens is 264 g/mol. The highest BCUT2D eigenvalue weighted by molar-refractivity contribution is 5.35. The first-order chi connectivity index (χ1) is 9.86. The molecule has 0 radical (unpaired) electrons. The van der Waals surface area contributed by atoms with E-state index in [1.165, 1.54) is 0 Å². The second-order valence-corrected chi connectivity index (χ2v) is 6.43. The van der Waals surface area contributed by atoms with Crippen LogP contribution in [0.25, 0.3) is 5.69 Å². The first-order valence-corrected chi connectivity index (χ1v) is 7.15. The van der Waals surface area contributed by atoms with E-state index in [1.807, 2.05) is 37.1 Å². The molecule has 2 heterocycles. The summed E-state index contributed by atoms with van der Waals surface area (Å²) in [5.41, 5.74) is 2.01. The molecule has 5 heteroatoms. The lowest BCUT2D eigenvalue weighted by Crippen LogP contribution is -2.19. The van der Waals surface area contributed by atoms with Crippen molar-refractivity contribution in [1.29, 1.82) is 0 Å². The van der Waals surface area contributed by atoms with Crippen LogP contribution in [0.5, 0.6) is 5.75 Å². The summed E-state index contributed by atoms with van der Waals surface area (Å²) in [5, 5.41) is 4.61. The molecule has 21 heavy (non-hydrogen) atoms. The zero-order valence-corrected chi connectivity index (χ0v) is 13.5. The fourth-order valence-electron chi connectivity index (χ4n) is 1.83. The number of rotatable bonds is 5. The smallest absolute Gasteiger partial charge is 0.139 e. The van der Waals surface area contributed by atoms with Crippen molar-refractivity contribution in [3.8, 4) is 11.4 Å². The van der Waals surface area contributed by atoms with Gasteiger partial charge in [-0.2, -0.15) is 5.10 Å². The van der Waals surface area contributed by atoms with Gasteiger partial charge >= 0.3 is 0 Å². The van der Waals surface area contributed by atoms with E-state index in [-0.39, 0.29) is 5.41 Å². The minimum atomic E-state index is 0.0402. The zero-order chi connectivity index (χ0) is 15.5. The Hall–Kier alpha value is -1.88. The van der Waals surface area contributed by atoms with E-state index in [9.17, 15) is 0 Å². The summed E-state index contributed by atoms with van der Waals surface area (Å²) in [6.45, 7) is 7.97. The molecule has 0 aromatic carbocycles. The lowest BCUT2D eigenvalue weighted by molar-refractivity contribution is 0.260. The van der Waals surface area contributed by atoms with Gasteiger partial charge in [-0.25, -0.2) is 4.68 Å². The van der Waals surface area contributed by atoms with Crippen molar-refractivity contribution in [2.75, 3.05) is 27.2 Å². The Balaban J connectivity index is 2.12. The molecule has 0 N–H and O–H groups in total. The Bertz CT molecular complexity index is 584. The number of pyridine rings is 1. The molecular formula is C16H24N4O. The zero-order valence-electron chi connectivity index (χ0n) is 13.5. The average Bonchev–Trinajstić information content (AvgIpc) is 2.88. The van der Waals surface area contributed by atoms with Gasteiger partial charge in [0.25, 0.3) is 0 Å². The maximum atomic E-state index is 5.71. The molecule has 0 bridgehead atoms. The average molecular weight is 288 g/mol. The van der Waals surface area contributed by atoms with Crippen molar-refractivity contribution < 1.29 is 4.74 Å². The molecule has 2 aromatic rings. The summed E-state index contributed by atoms with van der Waals surface area (Å²) in [5.74, 6) is 0.766. The second-order valence-electron chi connectivity index (χ2n) is 6.43. The van der Waals surface area contributed by atoms with Crippen LogP contribution in [0.2, 0.25) is 0 Å². The molecule has 0 amide bonds. The summed E-state index contributed by atoms with van der Waals surface area (Å²) in [6, 6.07) is 4.00. The molecule has 0 aliphatic heterocycles. The van der Waals surface area contributed by atoms with Crippen molar-refractivity contribution >= 4 is 0 Å². The van der Waals surface area contributed by atoms with E-state index in [0.29, 0.717) is 6.61 Å². The second kappa shape index (κ2) is 6.26. The van der Waals surface area contributed by atoms with Crippen molar-refractivity contribution in [2.45, 2.75) is 26.2 Å². The molecule has 0 saturated carbocycles. The summed E-state index contributed by atoms with van der Waals surface area (Å²) < 4.78 is 7.55. The SMILES string of the molecule is CN(C)CCOc1cncc(-n2ccc(C(C)(C)C)n2)c1. The van der Waals surface area contributed by atoms with Gasteiger partial charge in [0, 0.05) is 24.2 Å². The summed E-state index contributed by atoms with van der Waals surface area (Å²) >= 11 is 0. The van der Waals surface area contributed by atoms with Crippen molar-refractivity contribution in [1.82, 2.24) is 19.7 Å². The highest BCUT2D eigenvalue weighted by Gasteiger charge is 2.17. The van der Waals surface area contributed by atoms with Gasteiger partial charge in [-0.05, 0) is 20.2 Å². The monoisotopic (exact) mass is 288 g/mol. The predicted octanol–water partition coefficient (Wildman–Crippen LogP) is 2.51. The van der Waals surface area contributed by atoms with Gasteiger partial charge in [-0.15, -0.1) is 0 Å². The van der Waals surface area contributed by atoms with Crippen LogP contribution in [-0.4, -0.2) is 46.9 Å². The molecule has 114 valence electrons. The van der Waals surface area contributed by atoms with E-state index in [1.54, 1.807) is 12.4 Å². The summed E-state index contributed by atoms with van der Waals surface area (Å²) in [7, 11) is 4.05. The fourth-order valence-corrected chi connectivity index (χ4v) is 1.83. The maximum Gasteiger partial charge on any atom is 0.139 e. The van der Waals surface area contributed by atoms with E-state index < -0.39 is 0 Å². The number of hydrogen-bond donors (Lipinski definition) is 0. The van der Waals surface area contributed by atoms with Crippen molar-refractivity contribution in [3.63, 3.8) is 0 Å². The third-order valence-corrected chi connectivity index (χ3v) is 3.13. The minimum Gasteiger partial charge on any atom is -0.491 e. The first-order valence-electron chi connectivity index (χ1n) is 7.15. The Labute approximate surface area is 126 Å². The third-order valence-electron chi connectivity index (χ3n) is 3.13. The number of likely N-dealkylation sites (N-methyl/N-ethyl adjacent to an activating group) is 1. The Morgan fingerprint density at radius 2 is 2.00 bits per heavy atom. The lowest BCUT2D eigenvalue weighted by atomic mass is 9.93. The molecule has 0 spiro atoms. The van der Waals surface area contributed by atoms with Gasteiger partial charge in [0.05, 0.1) is 23.8 Å². The topological polar surface area (TPSA) is 43.2 Å². The molecule has 2 aromatic heterocycles. The summed E-state index contributed by atoms with van der Waals surface area (Å²) in [4.78, 5) is 6.31. The fraction of sp³-hybridized carbons (Fsp3) is 0.500. The maximum absolute atomic E-state index is 5.71. The normalized spacial score (nSPS) is 11.9. The molecule has 0 unspecified atom stereocenters. The molecule has 0 aliphatic carbocycles. The minimum absolute atomic E-state index is 0.0402. The van der Waals surface area contributed by atoms with Gasteiger partial charge < -0.3 is 9.64 Å². The van der Waals surface area contributed by atoms with E-state index in [2.05, 4.69) is 35.8 Å². The van der Waals surface area contributed by atoms with Crippen LogP contribution in [-0.2, 0) is 5.41 Å². The Morgan fingerprint density at radius 1 is 1.24 bits per heavy atom. The Morgan fingerprint density at radius 3 is 2.62 bits per heavy atom. The van der Waals surface area contributed by atoms with Gasteiger partial charge in [0.2, 0.25) is 0 Å². The van der Waals surface area contributed by atoms with Crippen molar-refractivity contribution in [3.05, 3.63) is 36.4 Å². The highest BCUT2D eigenvalue weighted by atomic mass is 16.5. The predicted molar refractivity (Wildman–Crippen MR) is 84.1 cm³/mol. The molecule has 0 saturated heterocycles. The molecule has 0 aliphatic rings. The van der Waals surface area contributed by atoms with Gasteiger partial charge in [0.15, 0.2) is 0 Å². The lowest BCUT2D eigenvalue weighted by Gasteiger charge is -2.14. The van der Waals surface area contributed by atoms with E-state index in [0.717, 1.165) is 23.7 Å². The standard InChI is InChI=1S/C16H24N4O/c1-16(2,3)15-6-7-20(18-15)13-10-14(12-17-11-13)21-9-8-19(4)5/h6-7,10-12H,8-9H2,1-5H3. The van der Waals surface area contributed by atoms with Crippen LogP contribution < -0.4 is 4.74 Å². The quantitative estimate of drug-likeness (QED) is 0.848. The Kier molecular flexibility index (Phi) is 4.63.